The van der Waals surface area contributed by atoms with Gasteiger partial charge in [-0.2, -0.15) is 5.10 Å². The van der Waals surface area contributed by atoms with Crippen molar-refractivity contribution in [3.63, 3.8) is 0 Å². The van der Waals surface area contributed by atoms with Gasteiger partial charge >= 0.3 is 0 Å². The maximum atomic E-state index is 13.4. The first-order valence-corrected chi connectivity index (χ1v) is 7.53. The van der Waals surface area contributed by atoms with Crippen LogP contribution in [0.5, 0.6) is 0 Å². The van der Waals surface area contributed by atoms with Gasteiger partial charge in [0.1, 0.15) is 5.82 Å². The smallest absolute Gasteiger partial charge is 0.276 e. The fourth-order valence-corrected chi connectivity index (χ4v) is 3.00. The number of carbonyl (C=O) groups is 1. The minimum absolute atomic E-state index is 0.0935. The SMILES string of the molecule is Cn1nc(C(=O)NC2CCCCC2)c(=O)c2cc(F)ccc21. The van der Waals surface area contributed by atoms with Crippen LogP contribution in [0.25, 0.3) is 10.9 Å². The van der Waals surface area contributed by atoms with Crippen molar-refractivity contribution in [2.24, 2.45) is 7.05 Å². The molecule has 116 valence electrons. The Kier molecular flexibility index (Phi) is 3.92. The molecule has 1 saturated carbocycles. The molecule has 0 spiro atoms. The van der Waals surface area contributed by atoms with Crippen molar-refractivity contribution in [3.8, 4) is 0 Å². The first-order valence-electron chi connectivity index (χ1n) is 7.53. The minimum Gasteiger partial charge on any atom is -0.348 e. The molecular formula is C16H18FN3O2. The number of fused-ring (bicyclic) bond motifs is 1. The lowest BCUT2D eigenvalue weighted by molar-refractivity contribution is 0.0919. The molecule has 1 aromatic heterocycles. The number of aromatic nitrogens is 2. The molecule has 0 aliphatic heterocycles. The van der Waals surface area contributed by atoms with Crippen LogP contribution in [-0.2, 0) is 7.05 Å². The molecule has 1 aliphatic rings. The number of nitrogens with zero attached hydrogens (tertiary/aromatic N) is 2. The molecule has 0 unspecified atom stereocenters. The van der Waals surface area contributed by atoms with Crippen molar-refractivity contribution in [2.45, 2.75) is 38.1 Å². The van der Waals surface area contributed by atoms with Gasteiger partial charge in [0.25, 0.3) is 5.91 Å². The summed E-state index contributed by atoms with van der Waals surface area (Å²) in [7, 11) is 1.64. The third kappa shape index (κ3) is 2.73. The van der Waals surface area contributed by atoms with Crippen LogP contribution < -0.4 is 10.7 Å². The van der Waals surface area contributed by atoms with Crippen LogP contribution in [0.2, 0.25) is 0 Å². The van der Waals surface area contributed by atoms with E-state index in [1.165, 1.54) is 23.2 Å². The molecule has 6 heteroatoms. The lowest BCUT2D eigenvalue weighted by atomic mass is 9.95. The van der Waals surface area contributed by atoms with Gasteiger partial charge in [-0.1, -0.05) is 19.3 Å². The van der Waals surface area contributed by atoms with E-state index >= 15 is 0 Å². The van der Waals surface area contributed by atoms with Gasteiger partial charge in [0.05, 0.1) is 10.9 Å². The second-order valence-corrected chi connectivity index (χ2v) is 5.77. The Morgan fingerprint density at radius 1 is 1.32 bits per heavy atom. The molecule has 0 bridgehead atoms. The number of aryl methyl sites for hydroxylation is 1. The third-order valence-corrected chi connectivity index (χ3v) is 4.17. The van der Waals surface area contributed by atoms with E-state index in [4.69, 9.17) is 0 Å². The summed E-state index contributed by atoms with van der Waals surface area (Å²) in [4.78, 5) is 24.7. The Labute approximate surface area is 127 Å². The van der Waals surface area contributed by atoms with Crippen molar-refractivity contribution in [1.82, 2.24) is 15.1 Å². The summed E-state index contributed by atoms with van der Waals surface area (Å²) in [6.07, 6.45) is 5.20. The van der Waals surface area contributed by atoms with Crippen LogP contribution in [0.4, 0.5) is 4.39 Å². The van der Waals surface area contributed by atoms with E-state index in [1.54, 1.807) is 7.05 Å². The molecule has 1 N–H and O–H groups in total. The first kappa shape index (κ1) is 14.7. The number of hydrogen-bond acceptors (Lipinski definition) is 3. The zero-order valence-corrected chi connectivity index (χ0v) is 12.4. The number of hydrogen-bond donors (Lipinski definition) is 1. The van der Waals surface area contributed by atoms with Gasteiger partial charge in [-0.3, -0.25) is 14.3 Å². The number of nitrogens with one attached hydrogen (secondary N) is 1. The number of benzene rings is 1. The molecule has 1 fully saturated rings. The summed E-state index contributed by atoms with van der Waals surface area (Å²) in [6.45, 7) is 0. The molecule has 0 saturated heterocycles. The van der Waals surface area contributed by atoms with Gasteiger partial charge in [0.15, 0.2) is 5.69 Å². The molecule has 1 aliphatic carbocycles. The van der Waals surface area contributed by atoms with E-state index in [0.717, 1.165) is 31.7 Å². The van der Waals surface area contributed by atoms with Gasteiger partial charge in [0.2, 0.25) is 5.43 Å². The molecule has 22 heavy (non-hydrogen) atoms. The Morgan fingerprint density at radius 3 is 2.77 bits per heavy atom. The monoisotopic (exact) mass is 303 g/mol. The van der Waals surface area contributed by atoms with Crippen molar-refractivity contribution in [3.05, 3.63) is 39.9 Å². The highest BCUT2D eigenvalue weighted by Crippen LogP contribution is 2.17. The molecule has 1 heterocycles. The van der Waals surface area contributed by atoms with Crippen molar-refractivity contribution in [1.29, 1.82) is 0 Å². The number of rotatable bonds is 2. The predicted molar refractivity (Wildman–Crippen MR) is 81.3 cm³/mol. The zero-order valence-electron chi connectivity index (χ0n) is 12.4. The van der Waals surface area contributed by atoms with E-state index in [9.17, 15) is 14.0 Å². The maximum Gasteiger partial charge on any atom is 0.276 e. The molecule has 3 rings (SSSR count). The van der Waals surface area contributed by atoms with Gasteiger partial charge in [0, 0.05) is 13.1 Å². The molecule has 5 nitrogen and oxygen atoms in total. The van der Waals surface area contributed by atoms with Crippen LogP contribution in [-0.4, -0.2) is 21.7 Å². The van der Waals surface area contributed by atoms with Gasteiger partial charge in [-0.25, -0.2) is 4.39 Å². The van der Waals surface area contributed by atoms with E-state index in [0.29, 0.717) is 5.52 Å². The van der Waals surface area contributed by atoms with E-state index in [-0.39, 0.29) is 17.1 Å². The highest BCUT2D eigenvalue weighted by Gasteiger charge is 2.21. The first-order chi connectivity index (χ1) is 10.6. The Hall–Kier alpha value is -2.24. The van der Waals surface area contributed by atoms with E-state index in [1.807, 2.05) is 0 Å². The molecular weight excluding hydrogens is 285 g/mol. The number of carbonyl (C=O) groups excluding carboxylic acids is 1. The third-order valence-electron chi connectivity index (χ3n) is 4.17. The minimum atomic E-state index is -0.527. The summed E-state index contributed by atoms with van der Waals surface area (Å²) in [6, 6.07) is 4.00. The van der Waals surface area contributed by atoms with Crippen molar-refractivity contribution < 1.29 is 9.18 Å². The molecule has 1 amide bonds. The standard InChI is InChI=1S/C16H18FN3O2/c1-20-13-8-7-10(17)9-12(13)15(21)14(19-20)16(22)18-11-5-3-2-4-6-11/h7-9,11H,2-6H2,1H3,(H,18,22). The summed E-state index contributed by atoms with van der Waals surface area (Å²) in [5.74, 6) is -0.979. The average molecular weight is 303 g/mol. The van der Waals surface area contributed by atoms with Gasteiger partial charge in [-0.15, -0.1) is 0 Å². The molecule has 0 atom stereocenters. The van der Waals surface area contributed by atoms with Gasteiger partial charge < -0.3 is 5.32 Å². The Morgan fingerprint density at radius 2 is 2.05 bits per heavy atom. The fraction of sp³-hybridized carbons (Fsp3) is 0.438. The predicted octanol–water partition coefficient (Wildman–Crippen LogP) is 2.14. The topological polar surface area (TPSA) is 64.0 Å². The lowest BCUT2D eigenvalue weighted by Gasteiger charge is -2.22. The highest BCUT2D eigenvalue weighted by atomic mass is 19.1. The second kappa shape index (κ2) is 5.87. The average Bonchev–Trinajstić information content (AvgIpc) is 2.51. The fourth-order valence-electron chi connectivity index (χ4n) is 3.00. The molecule has 1 aromatic carbocycles. The van der Waals surface area contributed by atoms with Crippen LogP contribution in [0, 0.1) is 5.82 Å². The van der Waals surface area contributed by atoms with E-state index in [2.05, 4.69) is 10.4 Å². The summed E-state index contributed by atoms with van der Waals surface area (Å²) in [5, 5.41) is 7.11. The number of halogens is 1. The quantitative estimate of drug-likeness (QED) is 0.924. The van der Waals surface area contributed by atoms with Crippen molar-refractivity contribution >= 4 is 16.8 Å². The Balaban J connectivity index is 1.97. The van der Waals surface area contributed by atoms with Crippen LogP contribution >= 0.6 is 0 Å². The largest absolute Gasteiger partial charge is 0.348 e. The van der Waals surface area contributed by atoms with E-state index < -0.39 is 17.2 Å². The molecule has 0 radical (unpaired) electrons. The van der Waals surface area contributed by atoms with Crippen LogP contribution in [0.15, 0.2) is 23.0 Å². The van der Waals surface area contributed by atoms with Crippen LogP contribution in [0.1, 0.15) is 42.6 Å². The maximum absolute atomic E-state index is 13.4. The summed E-state index contributed by atoms with van der Waals surface area (Å²) >= 11 is 0. The molecule has 2 aromatic rings. The summed E-state index contributed by atoms with van der Waals surface area (Å²) < 4.78 is 14.8. The lowest BCUT2D eigenvalue weighted by Crippen LogP contribution is -2.39. The van der Waals surface area contributed by atoms with Crippen LogP contribution in [0.3, 0.4) is 0 Å². The van der Waals surface area contributed by atoms with Gasteiger partial charge in [-0.05, 0) is 31.0 Å². The second-order valence-electron chi connectivity index (χ2n) is 5.77. The summed E-state index contributed by atoms with van der Waals surface area (Å²) in [5.41, 5.74) is -0.201. The highest BCUT2D eigenvalue weighted by molar-refractivity contribution is 5.95. The van der Waals surface area contributed by atoms with Crippen molar-refractivity contribution in [2.75, 3.05) is 0 Å². The normalized spacial score (nSPS) is 15.9. The Bertz CT molecular complexity index is 779. The number of amides is 1. The zero-order chi connectivity index (χ0) is 15.7.